The largest absolute Gasteiger partial charge is 0.359 e. The quantitative estimate of drug-likeness (QED) is 0.789. The van der Waals surface area contributed by atoms with Crippen molar-refractivity contribution < 1.29 is 13.2 Å². The maximum absolute atomic E-state index is 11.6. The van der Waals surface area contributed by atoms with Crippen LogP contribution in [-0.2, 0) is 14.6 Å². The smallest absolute Gasteiger partial charge is 0.150 e. The molecule has 0 aromatic heterocycles. The van der Waals surface area contributed by atoms with Crippen LogP contribution in [0.15, 0.2) is 0 Å². The average molecular weight is 284 g/mol. The molecular weight excluding hydrogens is 262 g/mol. The van der Waals surface area contributed by atoms with Gasteiger partial charge in [0.25, 0.3) is 0 Å². The monoisotopic (exact) mass is 283 g/mol. The van der Waals surface area contributed by atoms with Crippen LogP contribution < -0.4 is 5.32 Å². The van der Waals surface area contributed by atoms with Gasteiger partial charge in [0.15, 0.2) is 9.84 Å². The molecule has 1 N–H and O–H groups in total. The molecule has 2 unspecified atom stereocenters. The first kappa shape index (κ1) is 15.2. The summed E-state index contributed by atoms with van der Waals surface area (Å²) in [5, 5.41) is 3.43. The lowest BCUT2D eigenvalue weighted by molar-refractivity contribution is -0.0397. The second kappa shape index (κ2) is 4.68. The highest BCUT2D eigenvalue weighted by atomic mass is 35.5. The van der Waals surface area contributed by atoms with Crippen molar-refractivity contribution in [3.8, 4) is 0 Å². The summed E-state index contributed by atoms with van der Waals surface area (Å²) in [7, 11) is -2.86. The van der Waals surface area contributed by atoms with Crippen LogP contribution >= 0.6 is 12.4 Å². The fourth-order valence-electron chi connectivity index (χ4n) is 2.75. The van der Waals surface area contributed by atoms with E-state index in [0.717, 1.165) is 12.8 Å². The van der Waals surface area contributed by atoms with Crippen molar-refractivity contribution in [3.05, 3.63) is 0 Å². The predicted molar refractivity (Wildman–Crippen MR) is 70.2 cm³/mol. The molecule has 0 aromatic rings. The summed E-state index contributed by atoms with van der Waals surface area (Å²) in [6, 6.07) is 0. The van der Waals surface area contributed by atoms with Gasteiger partial charge in [0.05, 0.1) is 18.1 Å². The molecule has 0 aromatic carbocycles. The molecule has 2 atom stereocenters. The third-order valence-corrected chi connectivity index (χ3v) is 5.38. The second-order valence-electron chi connectivity index (χ2n) is 5.86. The molecule has 2 fully saturated rings. The topological polar surface area (TPSA) is 55.4 Å². The van der Waals surface area contributed by atoms with E-state index in [4.69, 9.17) is 4.74 Å². The van der Waals surface area contributed by atoms with Crippen molar-refractivity contribution in [1.29, 1.82) is 0 Å². The summed E-state index contributed by atoms with van der Waals surface area (Å²) in [5.74, 6) is 0.670. The van der Waals surface area contributed by atoms with Crippen LogP contribution in [0, 0.1) is 5.92 Å². The van der Waals surface area contributed by atoms with E-state index in [1.54, 1.807) is 0 Å². The van der Waals surface area contributed by atoms with Gasteiger partial charge in [-0.1, -0.05) is 0 Å². The van der Waals surface area contributed by atoms with E-state index < -0.39 is 15.6 Å². The van der Waals surface area contributed by atoms with Crippen molar-refractivity contribution in [3.63, 3.8) is 0 Å². The molecule has 0 radical (unpaired) electrons. The number of rotatable bonds is 1. The molecule has 2 aliphatic rings. The molecule has 0 bridgehead atoms. The van der Waals surface area contributed by atoms with Crippen LogP contribution in [0.3, 0.4) is 0 Å². The first-order valence-corrected chi connectivity index (χ1v) is 7.68. The molecule has 102 valence electrons. The van der Waals surface area contributed by atoms with Gasteiger partial charge in [-0.25, -0.2) is 8.42 Å². The molecule has 2 heterocycles. The van der Waals surface area contributed by atoms with Gasteiger partial charge >= 0.3 is 0 Å². The Hall–Kier alpha value is 0.160. The minimum absolute atomic E-state index is 0. The summed E-state index contributed by atoms with van der Waals surface area (Å²) < 4.78 is 29.1. The summed E-state index contributed by atoms with van der Waals surface area (Å²) in [5.41, 5.74) is -0.535. The Morgan fingerprint density at radius 1 is 1.29 bits per heavy atom. The fourth-order valence-corrected chi connectivity index (χ4v) is 4.62. The van der Waals surface area contributed by atoms with Crippen LogP contribution in [0.1, 0.15) is 33.6 Å². The Morgan fingerprint density at radius 3 is 2.41 bits per heavy atom. The zero-order chi connectivity index (χ0) is 12.0. The van der Waals surface area contributed by atoms with E-state index in [1.807, 2.05) is 6.92 Å². The van der Waals surface area contributed by atoms with Crippen molar-refractivity contribution in [1.82, 2.24) is 5.32 Å². The molecule has 17 heavy (non-hydrogen) atoms. The Labute approximate surface area is 110 Å². The van der Waals surface area contributed by atoms with Gasteiger partial charge in [0.1, 0.15) is 5.72 Å². The van der Waals surface area contributed by atoms with Gasteiger partial charge in [-0.05, 0) is 33.6 Å². The molecular formula is C11H22ClNO3S. The lowest BCUT2D eigenvalue weighted by Crippen LogP contribution is -2.53. The number of nitrogens with one attached hydrogen (secondary N) is 1. The number of hydrogen-bond donors (Lipinski definition) is 1. The molecule has 0 aliphatic carbocycles. The SMILES string of the molecule is CC1(C)COC(C)(C2CCCS(=O)(=O)C2)N1.Cl. The third-order valence-electron chi connectivity index (χ3n) is 3.56. The molecule has 0 spiro atoms. The average Bonchev–Trinajstić information content (AvgIpc) is 2.40. The fraction of sp³-hybridized carbons (Fsp3) is 1.00. The van der Waals surface area contributed by atoms with Crippen molar-refractivity contribution in [2.75, 3.05) is 18.1 Å². The Morgan fingerprint density at radius 2 is 1.94 bits per heavy atom. The molecule has 2 aliphatic heterocycles. The highest BCUT2D eigenvalue weighted by Crippen LogP contribution is 2.35. The van der Waals surface area contributed by atoms with Crippen molar-refractivity contribution in [2.45, 2.75) is 44.9 Å². The zero-order valence-electron chi connectivity index (χ0n) is 10.7. The zero-order valence-corrected chi connectivity index (χ0v) is 12.3. The van der Waals surface area contributed by atoms with Crippen molar-refractivity contribution in [2.24, 2.45) is 5.92 Å². The summed E-state index contributed by atoms with van der Waals surface area (Å²) in [6.45, 7) is 6.78. The van der Waals surface area contributed by atoms with Crippen molar-refractivity contribution >= 4 is 22.2 Å². The normalized spacial score (nSPS) is 39.6. The molecule has 2 saturated heterocycles. The number of ether oxygens (including phenoxy) is 1. The maximum Gasteiger partial charge on any atom is 0.150 e. The van der Waals surface area contributed by atoms with Gasteiger partial charge in [0, 0.05) is 11.5 Å². The molecule has 6 heteroatoms. The van der Waals surface area contributed by atoms with E-state index in [9.17, 15) is 8.42 Å². The Balaban J connectivity index is 0.00000144. The summed E-state index contributed by atoms with van der Waals surface area (Å²) in [6.07, 6.45) is 1.69. The van der Waals surface area contributed by atoms with E-state index in [1.165, 1.54) is 0 Å². The first-order valence-electron chi connectivity index (χ1n) is 5.86. The number of hydrogen-bond acceptors (Lipinski definition) is 4. The van der Waals surface area contributed by atoms with Gasteiger partial charge in [-0.3, -0.25) is 5.32 Å². The maximum atomic E-state index is 11.6. The lowest BCUT2D eigenvalue weighted by atomic mass is 9.93. The first-order chi connectivity index (χ1) is 7.23. The summed E-state index contributed by atoms with van der Waals surface area (Å²) in [4.78, 5) is 0. The lowest BCUT2D eigenvalue weighted by Gasteiger charge is -2.37. The Kier molecular flexibility index (Phi) is 4.19. The van der Waals surface area contributed by atoms with Gasteiger partial charge in [0.2, 0.25) is 0 Å². The van der Waals surface area contributed by atoms with E-state index >= 15 is 0 Å². The van der Waals surface area contributed by atoms with Gasteiger partial charge in [-0.2, -0.15) is 0 Å². The van der Waals surface area contributed by atoms with Gasteiger partial charge in [-0.15, -0.1) is 12.4 Å². The van der Waals surface area contributed by atoms with Crippen LogP contribution in [0.25, 0.3) is 0 Å². The van der Waals surface area contributed by atoms with E-state index in [-0.39, 0.29) is 29.6 Å². The highest BCUT2D eigenvalue weighted by molar-refractivity contribution is 7.91. The summed E-state index contributed by atoms with van der Waals surface area (Å²) >= 11 is 0. The Bertz CT molecular complexity index is 382. The molecule has 4 nitrogen and oxygen atoms in total. The number of sulfone groups is 1. The van der Waals surface area contributed by atoms with Crippen LogP contribution in [0.2, 0.25) is 0 Å². The highest BCUT2D eigenvalue weighted by Gasteiger charge is 2.47. The van der Waals surface area contributed by atoms with Gasteiger partial charge < -0.3 is 4.74 Å². The van der Waals surface area contributed by atoms with E-state index in [0.29, 0.717) is 12.4 Å². The van der Waals surface area contributed by atoms with Crippen LogP contribution in [0.4, 0.5) is 0 Å². The third kappa shape index (κ3) is 3.34. The van der Waals surface area contributed by atoms with Crippen LogP contribution in [-0.4, -0.2) is 37.8 Å². The van der Waals surface area contributed by atoms with Crippen LogP contribution in [0.5, 0.6) is 0 Å². The predicted octanol–water partition coefficient (Wildman–Crippen LogP) is 1.35. The minimum Gasteiger partial charge on any atom is -0.359 e. The van der Waals surface area contributed by atoms with E-state index in [2.05, 4.69) is 19.2 Å². The molecule has 0 saturated carbocycles. The number of halogens is 1. The second-order valence-corrected chi connectivity index (χ2v) is 8.09. The standard InChI is InChI=1S/C11H21NO3S.ClH/c1-10(2)8-15-11(3,12-10)9-5-4-6-16(13,14)7-9;/h9,12H,4-8H2,1-3H3;1H. The molecule has 2 rings (SSSR count). The minimum atomic E-state index is -2.86. The molecule has 0 amide bonds.